The Kier molecular flexibility index (Phi) is 5.52. The van der Waals surface area contributed by atoms with Crippen molar-refractivity contribution in [3.8, 4) is 0 Å². The smallest absolute Gasteiger partial charge is 0.275 e. The van der Waals surface area contributed by atoms with Gasteiger partial charge in [0.25, 0.3) is 5.91 Å². The van der Waals surface area contributed by atoms with Crippen LogP contribution in [0.4, 0.5) is 0 Å². The number of rotatable bonds is 4. The van der Waals surface area contributed by atoms with Crippen LogP contribution in [-0.4, -0.2) is 66.2 Å². The van der Waals surface area contributed by atoms with Crippen molar-refractivity contribution in [3.63, 3.8) is 0 Å². The van der Waals surface area contributed by atoms with Crippen LogP contribution in [-0.2, 0) is 10.0 Å². The topological polar surface area (TPSA) is 86.4 Å². The third-order valence-corrected chi connectivity index (χ3v) is 6.45. The molecular weight excluding hydrogens is 384 g/mol. The second kappa shape index (κ2) is 6.90. The van der Waals surface area contributed by atoms with Crippen molar-refractivity contribution in [2.75, 3.05) is 26.4 Å². The number of H-pyrrole nitrogens is 1. The number of halogens is 1. The molecule has 1 aromatic rings. The van der Waals surface area contributed by atoms with Gasteiger partial charge in [0, 0.05) is 26.2 Å². The van der Waals surface area contributed by atoms with E-state index in [9.17, 15) is 13.2 Å². The van der Waals surface area contributed by atoms with Gasteiger partial charge in [-0.1, -0.05) is 13.8 Å². The zero-order chi connectivity index (χ0) is 17.4. The maximum Gasteiger partial charge on any atom is 0.275 e. The first kappa shape index (κ1) is 18.4. The predicted molar refractivity (Wildman–Crippen MR) is 91.9 cm³/mol. The molecule has 23 heavy (non-hydrogen) atoms. The lowest BCUT2D eigenvalue weighted by molar-refractivity contribution is 0.0679. The molecule has 0 aromatic carbocycles. The maximum absolute atomic E-state index is 12.6. The molecule has 0 unspecified atom stereocenters. The minimum absolute atomic E-state index is 0.0529. The van der Waals surface area contributed by atoms with Crippen molar-refractivity contribution < 1.29 is 13.2 Å². The van der Waals surface area contributed by atoms with E-state index in [1.54, 1.807) is 11.9 Å². The summed E-state index contributed by atoms with van der Waals surface area (Å²) in [6.45, 7) is 5.11. The minimum Gasteiger partial charge on any atom is -0.337 e. The van der Waals surface area contributed by atoms with Crippen LogP contribution in [0.15, 0.2) is 4.47 Å². The number of hydrogen-bond donors (Lipinski definition) is 1. The van der Waals surface area contributed by atoms with Crippen LogP contribution in [0.25, 0.3) is 0 Å². The fourth-order valence-corrected chi connectivity index (χ4v) is 4.28. The highest BCUT2D eigenvalue weighted by Crippen LogP contribution is 2.27. The highest BCUT2D eigenvalue weighted by atomic mass is 79.9. The van der Waals surface area contributed by atoms with E-state index < -0.39 is 10.0 Å². The molecule has 2 heterocycles. The molecule has 0 aliphatic carbocycles. The summed E-state index contributed by atoms with van der Waals surface area (Å²) in [6, 6.07) is -0.0529. The molecule has 1 aromatic heterocycles. The van der Waals surface area contributed by atoms with Gasteiger partial charge >= 0.3 is 0 Å². The van der Waals surface area contributed by atoms with Crippen molar-refractivity contribution in [1.82, 2.24) is 19.4 Å². The summed E-state index contributed by atoms with van der Waals surface area (Å²) in [7, 11) is -1.61. The summed E-state index contributed by atoms with van der Waals surface area (Å²) in [5.74, 6) is 0.119. The molecule has 1 aliphatic heterocycles. The zero-order valence-electron chi connectivity index (χ0n) is 13.8. The first-order valence-corrected chi connectivity index (χ1v) is 10.2. The third-order valence-electron chi connectivity index (χ3n) is 4.30. The van der Waals surface area contributed by atoms with E-state index in [0.29, 0.717) is 36.1 Å². The normalized spacial score (nSPS) is 17.3. The minimum atomic E-state index is -3.20. The second-order valence-corrected chi connectivity index (χ2v) is 9.09. The number of carbonyl (C=O) groups excluding carboxylic acids is 1. The first-order valence-electron chi connectivity index (χ1n) is 7.59. The SMILES string of the molecule is CC(C)c1[nH]nc(C(=O)N2CCC(N(C)S(C)(=O)=O)CC2)c1Br. The van der Waals surface area contributed by atoms with E-state index in [1.165, 1.54) is 10.6 Å². The largest absolute Gasteiger partial charge is 0.337 e. The molecule has 1 N–H and O–H groups in total. The van der Waals surface area contributed by atoms with E-state index in [2.05, 4.69) is 26.1 Å². The highest BCUT2D eigenvalue weighted by molar-refractivity contribution is 9.10. The summed E-state index contributed by atoms with van der Waals surface area (Å²) < 4.78 is 25.3. The number of aromatic nitrogens is 2. The van der Waals surface area contributed by atoms with Gasteiger partial charge in [0.2, 0.25) is 10.0 Å². The molecule has 1 aliphatic rings. The van der Waals surface area contributed by atoms with Crippen molar-refractivity contribution in [3.05, 3.63) is 15.9 Å². The second-order valence-electron chi connectivity index (χ2n) is 6.26. The van der Waals surface area contributed by atoms with Crippen LogP contribution in [0.5, 0.6) is 0 Å². The van der Waals surface area contributed by atoms with Gasteiger partial charge in [-0.3, -0.25) is 9.89 Å². The number of nitrogens with one attached hydrogen (secondary N) is 1. The molecule has 1 amide bonds. The van der Waals surface area contributed by atoms with Gasteiger partial charge in [-0.2, -0.15) is 5.10 Å². The van der Waals surface area contributed by atoms with Gasteiger partial charge in [0.15, 0.2) is 5.69 Å². The van der Waals surface area contributed by atoms with Gasteiger partial charge < -0.3 is 4.90 Å². The fourth-order valence-electron chi connectivity index (χ4n) is 2.72. The number of sulfonamides is 1. The van der Waals surface area contributed by atoms with Crippen LogP contribution in [0.2, 0.25) is 0 Å². The number of hydrogen-bond acceptors (Lipinski definition) is 4. The number of nitrogens with zero attached hydrogens (tertiary/aromatic N) is 3. The van der Waals surface area contributed by atoms with Gasteiger partial charge in [-0.05, 0) is 34.7 Å². The number of likely N-dealkylation sites (tertiary alicyclic amines) is 1. The molecule has 0 spiro atoms. The summed E-state index contributed by atoms with van der Waals surface area (Å²) >= 11 is 3.45. The Morgan fingerprint density at radius 3 is 2.39 bits per heavy atom. The maximum atomic E-state index is 12.6. The Labute approximate surface area is 145 Å². The lowest BCUT2D eigenvalue weighted by Gasteiger charge is -2.35. The molecule has 130 valence electrons. The van der Waals surface area contributed by atoms with Crippen molar-refractivity contribution >= 4 is 31.9 Å². The van der Waals surface area contributed by atoms with Gasteiger partial charge in [0.05, 0.1) is 16.4 Å². The lowest BCUT2D eigenvalue weighted by Crippen LogP contribution is -2.47. The first-order chi connectivity index (χ1) is 10.6. The van der Waals surface area contributed by atoms with Crippen LogP contribution in [0, 0.1) is 0 Å². The van der Waals surface area contributed by atoms with E-state index >= 15 is 0 Å². The Bertz CT molecular complexity index is 678. The van der Waals surface area contributed by atoms with E-state index in [4.69, 9.17) is 0 Å². The van der Waals surface area contributed by atoms with Crippen LogP contribution < -0.4 is 0 Å². The Hall–Kier alpha value is -0.930. The van der Waals surface area contributed by atoms with Crippen LogP contribution in [0.1, 0.15) is 48.8 Å². The lowest BCUT2D eigenvalue weighted by atomic mass is 10.0. The van der Waals surface area contributed by atoms with Gasteiger partial charge in [0.1, 0.15) is 0 Å². The molecule has 7 nitrogen and oxygen atoms in total. The average Bonchev–Trinajstić information content (AvgIpc) is 2.87. The standard InChI is InChI=1S/C14H23BrN4O3S/c1-9(2)12-11(15)13(17-16-12)14(20)19-7-5-10(6-8-19)18(3)23(4,21)22/h9-10H,5-8H2,1-4H3,(H,16,17). The molecular formula is C14H23BrN4O3S. The Morgan fingerprint density at radius 2 is 1.96 bits per heavy atom. The molecule has 0 saturated carbocycles. The average molecular weight is 407 g/mol. The summed E-state index contributed by atoms with van der Waals surface area (Å²) in [6.07, 6.45) is 2.47. The van der Waals surface area contributed by atoms with Gasteiger partial charge in [-0.25, -0.2) is 12.7 Å². The molecule has 0 radical (unpaired) electrons. The van der Waals surface area contributed by atoms with Crippen LogP contribution >= 0.6 is 15.9 Å². The number of piperidine rings is 1. The Balaban J connectivity index is 2.04. The van der Waals surface area contributed by atoms with Crippen molar-refractivity contribution in [1.29, 1.82) is 0 Å². The molecule has 0 bridgehead atoms. The quantitative estimate of drug-likeness (QED) is 0.825. The number of amides is 1. The molecule has 2 rings (SSSR count). The summed E-state index contributed by atoms with van der Waals surface area (Å²) in [5, 5.41) is 7.04. The molecule has 1 saturated heterocycles. The Morgan fingerprint density at radius 1 is 1.39 bits per heavy atom. The van der Waals surface area contributed by atoms with Crippen molar-refractivity contribution in [2.45, 2.75) is 38.6 Å². The van der Waals surface area contributed by atoms with E-state index in [-0.39, 0.29) is 17.9 Å². The third kappa shape index (κ3) is 3.95. The van der Waals surface area contributed by atoms with E-state index in [1.807, 2.05) is 13.8 Å². The van der Waals surface area contributed by atoms with Crippen molar-refractivity contribution in [2.24, 2.45) is 0 Å². The number of aromatic amines is 1. The molecule has 9 heteroatoms. The fraction of sp³-hybridized carbons (Fsp3) is 0.714. The summed E-state index contributed by atoms with van der Waals surface area (Å²) in [5.41, 5.74) is 1.30. The molecule has 0 atom stereocenters. The molecule has 1 fully saturated rings. The predicted octanol–water partition coefficient (Wildman–Crippen LogP) is 1.79. The van der Waals surface area contributed by atoms with Gasteiger partial charge in [-0.15, -0.1) is 0 Å². The number of carbonyl (C=O) groups is 1. The van der Waals surface area contributed by atoms with Crippen LogP contribution in [0.3, 0.4) is 0 Å². The summed E-state index contributed by atoms with van der Waals surface area (Å²) in [4.78, 5) is 14.3. The highest BCUT2D eigenvalue weighted by Gasteiger charge is 2.31. The zero-order valence-corrected chi connectivity index (χ0v) is 16.2. The monoisotopic (exact) mass is 406 g/mol. The van der Waals surface area contributed by atoms with E-state index in [0.717, 1.165) is 5.69 Å².